The van der Waals surface area contributed by atoms with Gasteiger partial charge in [0.2, 0.25) is 0 Å². The Kier molecular flexibility index (Phi) is 12.9. The molecule has 3 aliphatic rings. The van der Waals surface area contributed by atoms with Gasteiger partial charge in [-0.2, -0.15) is 0 Å². The summed E-state index contributed by atoms with van der Waals surface area (Å²) in [6.45, 7) is 9.60. The van der Waals surface area contributed by atoms with Gasteiger partial charge in [-0.1, -0.05) is 18.2 Å². The van der Waals surface area contributed by atoms with Crippen LogP contribution in [0.1, 0.15) is 18.4 Å². The Hall–Kier alpha value is -2.24. The Morgan fingerprint density at radius 2 is 1.76 bits per heavy atom. The van der Waals surface area contributed by atoms with Crippen molar-refractivity contribution in [1.29, 1.82) is 0 Å². The number of benzene rings is 1. The molecule has 0 aliphatic carbocycles. The number of likely N-dealkylation sites (tertiary alicyclic amines) is 1. The van der Waals surface area contributed by atoms with E-state index in [-0.39, 0.29) is 25.0 Å². The normalized spacial score (nSPS) is 24.6. The molecule has 0 saturated carbocycles. The molecule has 3 saturated heterocycles. The zero-order valence-corrected chi connectivity index (χ0v) is 19.7. The molecule has 3 fully saturated rings. The summed E-state index contributed by atoms with van der Waals surface area (Å²) < 4.78 is 17.2. The minimum Gasteiger partial charge on any atom is -0.493 e. The zero-order valence-electron chi connectivity index (χ0n) is 19.7. The van der Waals surface area contributed by atoms with Gasteiger partial charge in [0.1, 0.15) is 5.75 Å². The van der Waals surface area contributed by atoms with Crippen LogP contribution in [0.2, 0.25) is 0 Å². The van der Waals surface area contributed by atoms with E-state index in [0.29, 0.717) is 12.5 Å². The van der Waals surface area contributed by atoms with Gasteiger partial charge in [0, 0.05) is 56.9 Å². The van der Waals surface area contributed by atoms with Crippen molar-refractivity contribution in [3.8, 4) is 5.75 Å². The van der Waals surface area contributed by atoms with Crippen LogP contribution in [0, 0.1) is 11.3 Å². The van der Waals surface area contributed by atoms with Crippen molar-refractivity contribution in [3.05, 3.63) is 29.8 Å². The molecule has 192 valence electrons. The average Bonchev–Trinajstić information content (AvgIpc) is 3.23. The third-order valence-electron chi connectivity index (χ3n) is 6.54. The van der Waals surface area contributed by atoms with E-state index in [1.807, 2.05) is 6.07 Å². The highest BCUT2D eigenvalue weighted by atomic mass is 16.5. The van der Waals surface area contributed by atoms with Crippen LogP contribution in [0.3, 0.4) is 0 Å². The number of nitrogens with zero attached hydrogens (tertiary/aromatic N) is 2. The number of para-hydroxylation sites is 1. The van der Waals surface area contributed by atoms with E-state index in [4.69, 9.17) is 34.0 Å². The maximum atomic E-state index is 10.00. The molecule has 10 nitrogen and oxygen atoms in total. The topological polar surface area (TPSA) is 129 Å². The van der Waals surface area contributed by atoms with E-state index in [0.717, 1.165) is 84.3 Å². The molecule has 3 heterocycles. The van der Waals surface area contributed by atoms with Crippen molar-refractivity contribution < 1.29 is 39.1 Å². The lowest BCUT2D eigenvalue weighted by molar-refractivity contribution is -0.123. The molecule has 0 spiro atoms. The Morgan fingerprint density at radius 3 is 2.44 bits per heavy atom. The molecule has 1 aromatic rings. The molecule has 34 heavy (non-hydrogen) atoms. The number of carboxylic acid groups (broad SMARTS) is 2. The summed E-state index contributed by atoms with van der Waals surface area (Å²) in [5.74, 6) is 1.53. The number of aliphatic hydroxyl groups is 1. The van der Waals surface area contributed by atoms with Crippen molar-refractivity contribution in [2.24, 2.45) is 11.3 Å². The van der Waals surface area contributed by atoms with E-state index >= 15 is 0 Å². The predicted molar refractivity (Wildman–Crippen MR) is 125 cm³/mol. The van der Waals surface area contributed by atoms with Crippen LogP contribution in [0.4, 0.5) is 0 Å². The molecule has 3 N–H and O–H groups in total. The quantitative estimate of drug-likeness (QED) is 0.365. The van der Waals surface area contributed by atoms with Gasteiger partial charge < -0.3 is 29.5 Å². The molecule has 0 radical (unpaired) electrons. The minimum atomic E-state index is -0.250. The maximum absolute atomic E-state index is 10.00. The molecule has 4 rings (SSSR count). The SMILES string of the molecule is O=CO.O=CO.OC[C@]12COCC[C@H]1CN(Cc1ccccc1OCCCN1CCOCC1)C2. The van der Waals surface area contributed by atoms with Crippen molar-refractivity contribution >= 4 is 12.9 Å². The number of fused-ring (bicyclic) bond motifs is 1. The van der Waals surface area contributed by atoms with Crippen molar-refractivity contribution in [3.63, 3.8) is 0 Å². The van der Waals surface area contributed by atoms with Crippen LogP contribution in [0.25, 0.3) is 0 Å². The third kappa shape index (κ3) is 8.52. The second-order valence-electron chi connectivity index (χ2n) is 8.70. The first-order valence-corrected chi connectivity index (χ1v) is 11.7. The van der Waals surface area contributed by atoms with Gasteiger partial charge in [-0.25, -0.2) is 0 Å². The zero-order chi connectivity index (χ0) is 24.7. The molecule has 0 unspecified atom stereocenters. The molecular formula is C24H38N2O8. The highest BCUT2D eigenvalue weighted by Crippen LogP contribution is 2.41. The number of aliphatic hydroxyl groups excluding tert-OH is 1. The van der Waals surface area contributed by atoms with Crippen LogP contribution in [0.15, 0.2) is 24.3 Å². The van der Waals surface area contributed by atoms with Gasteiger partial charge in [-0.05, 0) is 24.8 Å². The number of carbonyl (C=O) groups is 2. The lowest BCUT2D eigenvalue weighted by atomic mass is 9.76. The summed E-state index contributed by atoms with van der Waals surface area (Å²) in [4.78, 5) is 21.6. The summed E-state index contributed by atoms with van der Waals surface area (Å²) in [7, 11) is 0. The second kappa shape index (κ2) is 15.6. The molecule has 1 aromatic carbocycles. The average molecular weight is 483 g/mol. The van der Waals surface area contributed by atoms with Crippen molar-refractivity contribution in [2.75, 3.05) is 72.4 Å². The molecule has 3 aliphatic heterocycles. The van der Waals surface area contributed by atoms with Crippen LogP contribution >= 0.6 is 0 Å². The van der Waals surface area contributed by atoms with Gasteiger partial charge in [0.05, 0.1) is 33.0 Å². The highest BCUT2D eigenvalue weighted by molar-refractivity contribution is 5.33. The van der Waals surface area contributed by atoms with E-state index in [1.165, 1.54) is 5.56 Å². The molecule has 0 aromatic heterocycles. The fourth-order valence-electron chi connectivity index (χ4n) is 4.86. The van der Waals surface area contributed by atoms with Gasteiger partial charge in [0.25, 0.3) is 12.9 Å². The minimum absolute atomic E-state index is 0.0772. The summed E-state index contributed by atoms with van der Waals surface area (Å²) in [6.07, 6.45) is 2.09. The van der Waals surface area contributed by atoms with E-state index in [1.54, 1.807) is 0 Å². The summed E-state index contributed by atoms with van der Waals surface area (Å²) in [5.41, 5.74) is 1.16. The van der Waals surface area contributed by atoms with Crippen molar-refractivity contribution in [1.82, 2.24) is 9.80 Å². The molecule has 10 heteroatoms. The van der Waals surface area contributed by atoms with Crippen LogP contribution in [0.5, 0.6) is 5.75 Å². The summed E-state index contributed by atoms with van der Waals surface area (Å²) >= 11 is 0. The Labute approximate surface area is 201 Å². The number of hydrogen-bond donors (Lipinski definition) is 3. The number of ether oxygens (including phenoxy) is 3. The first-order valence-electron chi connectivity index (χ1n) is 11.7. The highest BCUT2D eigenvalue weighted by Gasteiger charge is 2.48. The van der Waals surface area contributed by atoms with Gasteiger partial charge in [-0.15, -0.1) is 0 Å². The fourth-order valence-corrected chi connectivity index (χ4v) is 4.86. The third-order valence-corrected chi connectivity index (χ3v) is 6.54. The molecule has 0 bridgehead atoms. The van der Waals surface area contributed by atoms with Gasteiger partial charge >= 0.3 is 0 Å². The first kappa shape index (κ1) is 28.0. The van der Waals surface area contributed by atoms with Gasteiger partial charge in [-0.3, -0.25) is 19.4 Å². The van der Waals surface area contributed by atoms with Crippen LogP contribution in [-0.4, -0.2) is 110 Å². The monoisotopic (exact) mass is 482 g/mol. The lowest BCUT2D eigenvalue weighted by Gasteiger charge is -2.36. The molecule has 2 atom stereocenters. The number of hydrogen-bond acceptors (Lipinski definition) is 8. The number of rotatable bonds is 8. The smallest absolute Gasteiger partial charge is 0.290 e. The van der Waals surface area contributed by atoms with Crippen LogP contribution < -0.4 is 4.74 Å². The Balaban J connectivity index is 0.000000618. The van der Waals surface area contributed by atoms with Crippen LogP contribution in [-0.2, 0) is 25.6 Å². The number of morpholine rings is 1. The predicted octanol–water partition coefficient (Wildman–Crippen LogP) is 1.02. The van der Waals surface area contributed by atoms with Gasteiger partial charge in [0.15, 0.2) is 0 Å². The summed E-state index contributed by atoms with van der Waals surface area (Å²) in [6, 6.07) is 8.39. The summed E-state index contributed by atoms with van der Waals surface area (Å²) in [5, 5.41) is 23.8. The lowest BCUT2D eigenvalue weighted by Crippen LogP contribution is -2.42. The van der Waals surface area contributed by atoms with Crippen molar-refractivity contribution in [2.45, 2.75) is 19.4 Å². The van der Waals surface area contributed by atoms with E-state index in [9.17, 15) is 5.11 Å². The molecular weight excluding hydrogens is 444 g/mol. The Morgan fingerprint density at radius 1 is 1.06 bits per heavy atom. The van der Waals surface area contributed by atoms with E-state index in [2.05, 4.69) is 28.0 Å². The molecule has 0 amide bonds. The van der Waals surface area contributed by atoms with E-state index < -0.39 is 0 Å². The first-order chi connectivity index (χ1) is 16.6. The Bertz CT molecular complexity index is 710. The standard InChI is InChI=1S/C22H34N2O4.2CH2O2/c25-17-22-16-24(15-20(22)6-11-27-18-22)14-19-4-1-2-5-21(19)28-10-3-7-23-8-12-26-13-9-23;2*2-1-3/h1-2,4-5,20,25H,3,6-18H2;2*1H,(H,2,3)/t20-,22+;;/m0../s1. The second-order valence-corrected chi connectivity index (χ2v) is 8.70. The largest absolute Gasteiger partial charge is 0.493 e. The maximum Gasteiger partial charge on any atom is 0.290 e. The fraction of sp³-hybridized carbons (Fsp3) is 0.667.